The molecule has 6 rings (SSSR count). The number of pyridine rings is 1. The van der Waals surface area contributed by atoms with Gasteiger partial charge in [-0.1, -0.05) is 47.1 Å². The minimum absolute atomic E-state index is 0.0249. The number of piperidine rings is 1. The molecular formula is C27H24N4O3. The summed E-state index contributed by atoms with van der Waals surface area (Å²) < 4.78 is 11.4. The van der Waals surface area contributed by atoms with Gasteiger partial charge in [-0.2, -0.15) is 0 Å². The SMILES string of the molecule is Cc1ccc(-c2cc(C(=O)N3CCC(c4nc5ccccc5o4)CC3)c3c(C)noc3n2)cc1. The molecule has 0 N–H and O–H groups in total. The summed E-state index contributed by atoms with van der Waals surface area (Å²) in [5, 5.41) is 4.76. The van der Waals surface area contributed by atoms with Crippen molar-refractivity contribution in [3.8, 4) is 11.3 Å². The number of aryl methyl sites for hydroxylation is 2. The molecule has 0 bridgehead atoms. The number of hydrogen-bond acceptors (Lipinski definition) is 6. The number of carbonyl (C=O) groups excluding carboxylic acids is 1. The fraction of sp³-hybridized carbons (Fsp3) is 0.259. The zero-order chi connectivity index (χ0) is 23.2. The Hall–Kier alpha value is -4.00. The lowest BCUT2D eigenvalue weighted by Gasteiger charge is -2.30. The first-order valence-electron chi connectivity index (χ1n) is 11.6. The van der Waals surface area contributed by atoms with Crippen molar-refractivity contribution in [3.63, 3.8) is 0 Å². The molecule has 1 aliphatic heterocycles. The van der Waals surface area contributed by atoms with Crippen molar-refractivity contribution in [2.24, 2.45) is 0 Å². The van der Waals surface area contributed by atoms with Crippen LogP contribution in [0, 0.1) is 13.8 Å². The van der Waals surface area contributed by atoms with E-state index >= 15 is 0 Å². The first-order chi connectivity index (χ1) is 16.6. The van der Waals surface area contributed by atoms with Crippen molar-refractivity contribution in [1.29, 1.82) is 0 Å². The Bertz CT molecular complexity index is 1480. The third-order valence-corrected chi connectivity index (χ3v) is 6.64. The number of nitrogens with zero attached hydrogens (tertiary/aromatic N) is 4. The molecule has 170 valence electrons. The van der Waals surface area contributed by atoms with Gasteiger partial charge in [-0.15, -0.1) is 0 Å². The van der Waals surface area contributed by atoms with E-state index in [1.54, 1.807) is 0 Å². The van der Waals surface area contributed by atoms with Gasteiger partial charge in [0.1, 0.15) is 5.52 Å². The molecule has 0 atom stereocenters. The Morgan fingerprint density at radius 2 is 1.76 bits per heavy atom. The van der Waals surface area contributed by atoms with Gasteiger partial charge in [0, 0.05) is 24.6 Å². The highest BCUT2D eigenvalue weighted by atomic mass is 16.5. The van der Waals surface area contributed by atoms with Crippen molar-refractivity contribution in [2.45, 2.75) is 32.6 Å². The number of hydrogen-bond donors (Lipinski definition) is 0. The number of fused-ring (bicyclic) bond motifs is 2. The highest BCUT2D eigenvalue weighted by Crippen LogP contribution is 2.32. The molecule has 1 amide bonds. The number of oxazole rings is 1. The highest BCUT2D eigenvalue weighted by molar-refractivity contribution is 6.07. The van der Waals surface area contributed by atoms with Crippen LogP contribution in [0.5, 0.6) is 0 Å². The number of rotatable bonds is 3. The van der Waals surface area contributed by atoms with Gasteiger partial charge in [0.2, 0.25) is 0 Å². The molecule has 0 radical (unpaired) electrons. The van der Waals surface area contributed by atoms with Crippen LogP contribution in [0.3, 0.4) is 0 Å². The molecule has 34 heavy (non-hydrogen) atoms. The predicted octanol–water partition coefficient (Wildman–Crippen LogP) is 5.67. The van der Waals surface area contributed by atoms with Gasteiger partial charge in [0.15, 0.2) is 11.5 Å². The van der Waals surface area contributed by atoms with Crippen molar-refractivity contribution in [3.05, 3.63) is 77.3 Å². The van der Waals surface area contributed by atoms with Crippen LogP contribution >= 0.6 is 0 Å². The van der Waals surface area contributed by atoms with Crippen LogP contribution < -0.4 is 0 Å². The average Bonchev–Trinajstić information content (AvgIpc) is 3.47. The molecule has 1 aliphatic rings. The van der Waals surface area contributed by atoms with E-state index < -0.39 is 0 Å². The van der Waals surface area contributed by atoms with Gasteiger partial charge in [-0.05, 0) is 44.9 Å². The van der Waals surface area contributed by atoms with Crippen molar-refractivity contribution in [1.82, 2.24) is 20.0 Å². The summed E-state index contributed by atoms with van der Waals surface area (Å²) in [4.78, 5) is 24.9. The number of amides is 1. The van der Waals surface area contributed by atoms with Crippen LogP contribution in [0.2, 0.25) is 0 Å². The summed E-state index contributed by atoms with van der Waals surface area (Å²) in [6, 6.07) is 17.8. The molecule has 2 aromatic carbocycles. The van der Waals surface area contributed by atoms with Crippen molar-refractivity contribution in [2.75, 3.05) is 13.1 Å². The summed E-state index contributed by atoms with van der Waals surface area (Å²) in [6.45, 7) is 5.15. The van der Waals surface area contributed by atoms with Gasteiger partial charge < -0.3 is 13.8 Å². The summed E-state index contributed by atoms with van der Waals surface area (Å²) in [6.07, 6.45) is 1.61. The molecule has 1 fully saturated rings. The highest BCUT2D eigenvalue weighted by Gasteiger charge is 2.29. The first-order valence-corrected chi connectivity index (χ1v) is 11.6. The Morgan fingerprint density at radius 3 is 2.53 bits per heavy atom. The molecule has 0 unspecified atom stereocenters. The van der Waals surface area contributed by atoms with Gasteiger partial charge in [-0.25, -0.2) is 9.97 Å². The van der Waals surface area contributed by atoms with E-state index in [0.717, 1.165) is 35.4 Å². The summed E-state index contributed by atoms with van der Waals surface area (Å²) in [5.41, 5.74) is 6.13. The fourth-order valence-corrected chi connectivity index (χ4v) is 4.70. The van der Waals surface area contributed by atoms with E-state index in [1.807, 2.05) is 73.3 Å². The Balaban J connectivity index is 1.28. The molecule has 4 heterocycles. The van der Waals surface area contributed by atoms with Gasteiger partial charge in [-0.3, -0.25) is 4.79 Å². The average molecular weight is 453 g/mol. The summed E-state index contributed by atoms with van der Waals surface area (Å²) in [7, 11) is 0. The molecule has 7 nitrogen and oxygen atoms in total. The van der Waals surface area contributed by atoms with E-state index in [9.17, 15) is 4.79 Å². The molecule has 7 heteroatoms. The minimum atomic E-state index is -0.0249. The number of benzene rings is 2. The number of aromatic nitrogens is 3. The maximum absolute atomic E-state index is 13.7. The maximum atomic E-state index is 13.7. The second-order valence-electron chi connectivity index (χ2n) is 8.96. The van der Waals surface area contributed by atoms with E-state index in [2.05, 4.69) is 15.1 Å². The molecule has 0 spiro atoms. The first kappa shape index (κ1) is 20.6. The normalized spacial score (nSPS) is 14.8. The molecular weight excluding hydrogens is 428 g/mol. The Morgan fingerprint density at radius 1 is 1.00 bits per heavy atom. The van der Waals surface area contributed by atoms with Crippen LogP contribution in [0.1, 0.15) is 46.3 Å². The van der Waals surface area contributed by atoms with Crippen LogP contribution in [0.15, 0.2) is 63.5 Å². The third kappa shape index (κ3) is 3.53. The molecule has 5 aromatic rings. The smallest absolute Gasteiger partial charge is 0.259 e. The quantitative estimate of drug-likeness (QED) is 0.351. The number of para-hydroxylation sites is 2. The lowest BCUT2D eigenvalue weighted by Crippen LogP contribution is -2.38. The number of carbonyl (C=O) groups is 1. The summed E-state index contributed by atoms with van der Waals surface area (Å²) >= 11 is 0. The monoisotopic (exact) mass is 452 g/mol. The fourth-order valence-electron chi connectivity index (χ4n) is 4.70. The van der Waals surface area contributed by atoms with E-state index in [0.29, 0.717) is 41.1 Å². The van der Waals surface area contributed by atoms with Gasteiger partial charge in [0.05, 0.1) is 22.3 Å². The second-order valence-corrected chi connectivity index (χ2v) is 8.96. The maximum Gasteiger partial charge on any atom is 0.259 e. The van der Waals surface area contributed by atoms with Gasteiger partial charge in [0.25, 0.3) is 11.6 Å². The molecule has 0 saturated carbocycles. The Labute approximate surface area is 196 Å². The third-order valence-electron chi connectivity index (χ3n) is 6.64. The van der Waals surface area contributed by atoms with Crippen LogP contribution in [0.25, 0.3) is 33.5 Å². The largest absolute Gasteiger partial charge is 0.440 e. The Kier molecular flexibility index (Phi) is 4.90. The topological polar surface area (TPSA) is 85.3 Å². The zero-order valence-electron chi connectivity index (χ0n) is 19.1. The lowest BCUT2D eigenvalue weighted by atomic mass is 9.95. The van der Waals surface area contributed by atoms with E-state index in [-0.39, 0.29) is 11.8 Å². The standard InChI is InChI=1S/C27H24N4O3/c1-16-7-9-18(10-8-16)22-15-20(24-17(2)30-34-26(24)29-22)27(32)31-13-11-19(12-14-31)25-28-21-5-3-4-6-23(21)33-25/h3-10,15,19H,11-14H2,1-2H3. The van der Waals surface area contributed by atoms with Crippen LogP contribution in [-0.2, 0) is 0 Å². The lowest BCUT2D eigenvalue weighted by molar-refractivity contribution is 0.0708. The van der Waals surface area contributed by atoms with Crippen LogP contribution in [-0.4, -0.2) is 39.0 Å². The predicted molar refractivity (Wildman–Crippen MR) is 129 cm³/mol. The summed E-state index contributed by atoms with van der Waals surface area (Å²) in [5.74, 6) is 0.938. The molecule has 3 aromatic heterocycles. The number of likely N-dealkylation sites (tertiary alicyclic amines) is 1. The van der Waals surface area contributed by atoms with Crippen molar-refractivity contribution < 1.29 is 13.7 Å². The van der Waals surface area contributed by atoms with Gasteiger partial charge >= 0.3 is 0 Å². The zero-order valence-corrected chi connectivity index (χ0v) is 19.1. The van der Waals surface area contributed by atoms with E-state index in [4.69, 9.17) is 8.94 Å². The molecule has 1 saturated heterocycles. The van der Waals surface area contributed by atoms with E-state index in [1.165, 1.54) is 5.56 Å². The second kappa shape index (κ2) is 8.09. The minimum Gasteiger partial charge on any atom is -0.440 e. The molecule has 0 aliphatic carbocycles. The van der Waals surface area contributed by atoms with Crippen molar-refractivity contribution >= 4 is 28.1 Å². The van der Waals surface area contributed by atoms with Crippen LogP contribution in [0.4, 0.5) is 0 Å².